The van der Waals surface area contributed by atoms with Gasteiger partial charge in [-0.15, -0.1) is 0 Å². The van der Waals surface area contributed by atoms with Crippen molar-refractivity contribution in [3.63, 3.8) is 0 Å². The van der Waals surface area contributed by atoms with Gasteiger partial charge >= 0.3 is 11.9 Å². The largest absolute Gasteiger partial charge is 0.390 e. The fourth-order valence-corrected chi connectivity index (χ4v) is 0.640. The molecule has 0 aliphatic heterocycles. The van der Waals surface area contributed by atoms with E-state index in [4.69, 9.17) is 11.5 Å². The number of hydrogen-bond donors (Lipinski definition) is 3. The van der Waals surface area contributed by atoms with Crippen LogP contribution >= 0.6 is 0 Å². The number of nitrogens with one attached hydrogen (secondary N) is 1. The predicted octanol–water partition coefficient (Wildman–Crippen LogP) is -2.13. The van der Waals surface area contributed by atoms with E-state index in [1.54, 1.807) is 0 Å². The van der Waals surface area contributed by atoms with Crippen molar-refractivity contribution in [2.24, 2.45) is 11.5 Å². The van der Waals surface area contributed by atoms with Crippen LogP contribution in [-0.2, 0) is 19.1 Å². The Morgan fingerprint density at radius 1 is 1.27 bits per heavy atom. The van der Waals surface area contributed by atoms with E-state index >= 15 is 0 Å². The molecule has 7 heteroatoms. The first kappa shape index (κ1) is 13.5. The van der Waals surface area contributed by atoms with Crippen LogP contribution in [0, 0.1) is 0 Å². The van der Waals surface area contributed by atoms with Crippen LogP contribution in [0.3, 0.4) is 0 Å². The van der Waals surface area contributed by atoms with Crippen LogP contribution in [0.25, 0.3) is 0 Å². The molecule has 2 atom stereocenters. The van der Waals surface area contributed by atoms with Crippen LogP contribution in [0.15, 0.2) is 0 Å². The van der Waals surface area contributed by atoms with Gasteiger partial charge in [-0.3, -0.25) is 4.79 Å². The van der Waals surface area contributed by atoms with E-state index in [1.165, 1.54) is 13.8 Å². The first-order chi connectivity index (χ1) is 6.88. The smallest absolute Gasteiger partial charge is 0.336 e. The Kier molecular flexibility index (Phi) is 5.50. The molecule has 0 saturated carbocycles. The molecule has 0 rings (SSSR count). The van der Waals surface area contributed by atoms with Crippen molar-refractivity contribution < 1.29 is 19.1 Å². The molecule has 0 aromatic carbocycles. The molecule has 0 fully saturated rings. The lowest BCUT2D eigenvalue weighted by atomic mass is 10.3. The van der Waals surface area contributed by atoms with Gasteiger partial charge in [-0.1, -0.05) is 0 Å². The number of hydrogen-bond acceptors (Lipinski definition) is 6. The summed E-state index contributed by atoms with van der Waals surface area (Å²) in [5.41, 5.74) is 10.2. The van der Waals surface area contributed by atoms with Gasteiger partial charge in [0, 0.05) is 0 Å². The Morgan fingerprint density at radius 2 is 1.80 bits per heavy atom. The normalized spacial score (nSPS) is 13.9. The highest BCUT2D eigenvalue weighted by Crippen LogP contribution is 1.91. The summed E-state index contributed by atoms with van der Waals surface area (Å²) < 4.78 is 4.36. The second-order valence-corrected chi connectivity index (χ2v) is 3.02. The van der Waals surface area contributed by atoms with Gasteiger partial charge in [-0.05, 0) is 13.8 Å². The van der Waals surface area contributed by atoms with Crippen molar-refractivity contribution in [2.75, 3.05) is 6.54 Å². The average Bonchev–Trinajstić information content (AvgIpc) is 2.16. The fourth-order valence-electron chi connectivity index (χ4n) is 0.640. The Morgan fingerprint density at radius 3 is 2.20 bits per heavy atom. The molecule has 0 unspecified atom stereocenters. The van der Waals surface area contributed by atoms with Gasteiger partial charge in [0.1, 0.15) is 12.1 Å². The first-order valence-corrected chi connectivity index (χ1v) is 4.39. The number of carbonyl (C=O) groups is 3. The van der Waals surface area contributed by atoms with Crippen molar-refractivity contribution in [1.82, 2.24) is 5.32 Å². The quantitative estimate of drug-likeness (QED) is 0.365. The minimum atomic E-state index is -0.927. The minimum Gasteiger partial charge on any atom is -0.390 e. The second kappa shape index (κ2) is 6.10. The molecular weight excluding hydrogens is 202 g/mol. The summed E-state index contributed by atoms with van der Waals surface area (Å²) in [6, 6.07) is -1.81. The van der Waals surface area contributed by atoms with Crippen LogP contribution in [0.4, 0.5) is 0 Å². The third kappa shape index (κ3) is 5.08. The molecule has 15 heavy (non-hydrogen) atoms. The molecular formula is C8H15N3O4. The molecule has 0 aliphatic rings. The van der Waals surface area contributed by atoms with E-state index in [1.807, 2.05) is 0 Å². The number of carbonyl (C=O) groups excluding carboxylic acids is 3. The maximum Gasteiger partial charge on any atom is 0.336 e. The zero-order valence-corrected chi connectivity index (χ0v) is 8.65. The van der Waals surface area contributed by atoms with E-state index in [0.29, 0.717) is 0 Å². The average molecular weight is 217 g/mol. The number of ether oxygens (including phenoxy) is 1. The molecule has 5 N–H and O–H groups in total. The predicted molar refractivity (Wildman–Crippen MR) is 51.4 cm³/mol. The lowest BCUT2D eigenvalue weighted by Gasteiger charge is -2.12. The molecule has 0 spiro atoms. The summed E-state index contributed by atoms with van der Waals surface area (Å²) in [6.45, 7) is 2.53. The van der Waals surface area contributed by atoms with Crippen LogP contribution < -0.4 is 16.8 Å². The zero-order valence-electron chi connectivity index (χ0n) is 8.65. The molecule has 7 nitrogen and oxygen atoms in total. The van der Waals surface area contributed by atoms with Crippen molar-refractivity contribution in [1.29, 1.82) is 0 Å². The van der Waals surface area contributed by atoms with E-state index in [9.17, 15) is 14.4 Å². The minimum absolute atomic E-state index is 0.237. The summed E-state index contributed by atoms with van der Waals surface area (Å²) in [5.74, 6) is -2.21. The standard InChI is InChI=1S/C8H15N3O4/c1-4(10)7(13)15-8(14)5(2)11-6(12)3-9/h4-5H,3,9-10H2,1-2H3,(H,11,12)/t4-,5-/m0/s1. The van der Waals surface area contributed by atoms with Gasteiger partial charge in [0.25, 0.3) is 0 Å². The van der Waals surface area contributed by atoms with Crippen LogP contribution in [0.5, 0.6) is 0 Å². The maximum atomic E-state index is 11.2. The summed E-state index contributed by atoms with van der Waals surface area (Å²) in [5, 5.41) is 2.24. The van der Waals surface area contributed by atoms with Crippen LogP contribution in [-0.4, -0.2) is 36.5 Å². The van der Waals surface area contributed by atoms with Gasteiger partial charge in [-0.2, -0.15) is 0 Å². The Hall–Kier alpha value is -1.47. The number of nitrogens with two attached hydrogens (primary N) is 2. The summed E-state index contributed by atoms with van der Waals surface area (Å²) in [4.78, 5) is 32.9. The Bertz CT molecular complexity index is 265. The highest BCUT2D eigenvalue weighted by Gasteiger charge is 2.21. The highest BCUT2D eigenvalue weighted by atomic mass is 16.6. The van der Waals surface area contributed by atoms with Gasteiger partial charge in [0.05, 0.1) is 6.54 Å². The van der Waals surface area contributed by atoms with Crippen molar-refractivity contribution >= 4 is 17.8 Å². The zero-order chi connectivity index (χ0) is 12.0. The fraction of sp³-hybridized carbons (Fsp3) is 0.625. The molecule has 0 heterocycles. The van der Waals surface area contributed by atoms with Gasteiger partial charge < -0.3 is 21.5 Å². The Labute approximate surface area is 87.1 Å². The van der Waals surface area contributed by atoms with Crippen LogP contribution in [0.1, 0.15) is 13.8 Å². The third-order valence-electron chi connectivity index (χ3n) is 1.49. The maximum absolute atomic E-state index is 11.2. The van der Waals surface area contributed by atoms with Crippen LogP contribution in [0.2, 0.25) is 0 Å². The molecule has 0 radical (unpaired) electrons. The van der Waals surface area contributed by atoms with Gasteiger partial charge in [-0.25, -0.2) is 9.59 Å². The van der Waals surface area contributed by atoms with Crippen molar-refractivity contribution in [3.05, 3.63) is 0 Å². The van der Waals surface area contributed by atoms with E-state index < -0.39 is 29.9 Å². The molecule has 0 aliphatic carbocycles. The topological polar surface area (TPSA) is 125 Å². The summed E-state index contributed by atoms with van der Waals surface area (Å²) in [6.07, 6.45) is 0. The van der Waals surface area contributed by atoms with Crippen molar-refractivity contribution in [2.45, 2.75) is 25.9 Å². The molecule has 0 saturated heterocycles. The van der Waals surface area contributed by atoms with E-state index in [0.717, 1.165) is 0 Å². The number of amides is 1. The van der Waals surface area contributed by atoms with E-state index in [2.05, 4.69) is 10.1 Å². The lowest BCUT2D eigenvalue weighted by molar-refractivity contribution is -0.162. The number of rotatable bonds is 4. The second-order valence-electron chi connectivity index (χ2n) is 3.02. The summed E-state index contributed by atoms with van der Waals surface area (Å²) in [7, 11) is 0. The molecule has 0 bridgehead atoms. The Balaban J connectivity index is 4.10. The lowest BCUT2D eigenvalue weighted by Crippen LogP contribution is -2.44. The SMILES string of the molecule is C[C@H](N)C(=O)OC(=O)[C@H](C)NC(=O)CN. The monoisotopic (exact) mass is 217 g/mol. The summed E-state index contributed by atoms with van der Waals surface area (Å²) >= 11 is 0. The molecule has 1 amide bonds. The van der Waals surface area contributed by atoms with Gasteiger partial charge in [0.15, 0.2) is 0 Å². The number of esters is 2. The first-order valence-electron chi connectivity index (χ1n) is 4.39. The van der Waals surface area contributed by atoms with Crippen molar-refractivity contribution in [3.8, 4) is 0 Å². The van der Waals surface area contributed by atoms with E-state index in [-0.39, 0.29) is 6.54 Å². The highest BCUT2D eigenvalue weighted by molar-refractivity contribution is 5.92. The van der Waals surface area contributed by atoms with Gasteiger partial charge in [0.2, 0.25) is 5.91 Å². The molecule has 0 aromatic rings. The third-order valence-corrected chi connectivity index (χ3v) is 1.49. The molecule has 86 valence electrons. The molecule has 0 aromatic heterocycles.